The first-order chi connectivity index (χ1) is 9.27. The quantitative estimate of drug-likeness (QED) is 0.850. The summed E-state index contributed by atoms with van der Waals surface area (Å²) in [6, 6.07) is 9.91. The van der Waals surface area contributed by atoms with Crippen molar-refractivity contribution in [2.24, 2.45) is 5.73 Å². The molecular formula is C15H22N2O2. The third-order valence-electron chi connectivity index (χ3n) is 3.45. The van der Waals surface area contributed by atoms with E-state index in [1.165, 1.54) is 0 Å². The van der Waals surface area contributed by atoms with Gasteiger partial charge in [0, 0.05) is 19.2 Å². The number of nitrogens with one attached hydrogen (secondary N) is 1. The molecule has 1 heterocycles. The summed E-state index contributed by atoms with van der Waals surface area (Å²) in [5.41, 5.74) is 7.18. The van der Waals surface area contributed by atoms with Gasteiger partial charge in [-0.3, -0.25) is 4.79 Å². The molecule has 2 atom stereocenters. The molecule has 1 aliphatic rings. The van der Waals surface area contributed by atoms with Crippen molar-refractivity contribution in [1.82, 2.24) is 5.32 Å². The first-order valence-electron chi connectivity index (χ1n) is 6.97. The van der Waals surface area contributed by atoms with Gasteiger partial charge in [-0.2, -0.15) is 0 Å². The molecule has 104 valence electrons. The second-order valence-corrected chi connectivity index (χ2v) is 4.95. The summed E-state index contributed by atoms with van der Waals surface area (Å²) in [7, 11) is 0. The van der Waals surface area contributed by atoms with Crippen molar-refractivity contribution in [3.63, 3.8) is 0 Å². The Hall–Kier alpha value is -1.39. The average molecular weight is 262 g/mol. The highest BCUT2D eigenvalue weighted by Gasteiger charge is 2.21. The molecule has 1 aromatic rings. The molecule has 4 nitrogen and oxygen atoms in total. The maximum absolute atomic E-state index is 11.8. The number of carbonyl (C=O) groups is 1. The number of ether oxygens (including phenoxy) is 1. The summed E-state index contributed by atoms with van der Waals surface area (Å²) in [5.74, 6) is -0.0000355. The van der Waals surface area contributed by atoms with E-state index >= 15 is 0 Å². The lowest BCUT2D eigenvalue weighted by atomic mass is 10.0. The largest absolute Gasteiger partial charge is 0.368 e. The van der Waals surface area contributed by atoms with E-state index in [0.29, 0.717) is 13.2 Å². The zero-order chi connectivity index (χ0) is 13.5. The van der Waals surface area contributed by atoms with Crippen LogP contribution in [0.15, 0.2) is 30.3 Å². The minimum Gasteiger partial charge on any atom is -0.368 e. The summed E-state index contributed by atoms with van der Waals surface area (Å²) in [4.78, 5) is 11.8. The second-order valence-electron chi connectivity index (χ2n) is 4.95. The number of hydrogen-bond acceptors (Lipinski definition) is 3. The van der Waals surface area contributed by atoms with E-state index in [2.05, 4.69) is 5.32 Å². The van der Waals surface area contributed by atoms with E-state index in [9.17, 15) is 4.79 Å². The number of carbonyl (C=O) groups excluding carboxylic acids is 1. The van der Waals surface area contributed by atoms with Gasteiger partial charge in [0.1, 0.15) is 6.10 Å². The maximum atomic E-state index is 11.8. The van der Waals surface area contributed by atoms with Crippen LogP contribution in [0.4, 0.5) is 0 Å². The smallest absolute Gasteiger partial charge is 0.249 e. The number of hydrogen-bond donors (Lipinski definition) is 2. The normalized spacial score (nSPS) is 20.8. The Bertz CT molecular complexity index is 388. The molecule has 0 radical (unpaired) electrons. The maximum Gasteiger partial charge on any atom is 0.249 e. The van der Waals surface area contributed by atoms with Gasteiger partial charge in [0.2, 0.25) is 5.91 Å². The van der Waals surface area contributed by atoms with Gasteiger partial charge in [0.25, 0.3) is 0 Å². The van der Waals surface area contributed by atoms with Gasteiger partial charge < -0.3 is 15.8 Å². The second kappa shape index (κ2) is 7.26. The molecule has 4 heteroatoms. The summed E-state index contributed by atoms with van der Waals surface area (Å²) in [5, 5.41) is 2.91. The van der Waals surface area contributed by atoms with Crippen LogP contribution in [0, 0.1) is 0 Å². The zero-order valence-electron chi connectivity index (χ0n) is 11.2. The molecule has 0 aromatic heterocycles. The van der Waals surface area contributed by atoms with Gasteiger partial charge in [0.05, 0.1) is 0 Å². The minimum absolute atomic E-state index is 0.0000355. The fourth-order valence-electron chi connectivity index (χ4n) is 2.28. The van der Waals surface area contributed by atoms with E-state index in [0.717, 1.165) is 31.2 Å². The molecule has 1 saturated heterocycles. The predicted molar refractivity (Wildman–Crippen MR) is 74.6 cm³/mol. The van der Waals surface area contributed by atoms with Gasteiger partial charge in [-0.1, -0.05) is 30.3 Å². The lowest BCUT2D eigenvalue weighted by molar-refractivity contribution is -0.135. The molecule has 0 bridgehead atoms. The van der Waals surface area contributed by atoms with Crippen molar-refractivity contribution in [2.45, 2.75) is 37.8 Å². The van der Waals surface area contributed by atoms with Gasteiger partial charge >= 0.3 is 0 Å². The molecule has 1 fully saturated rings. The first-order valence-corrected chi connectivity index (χ1v) is 6.97. The van der Waals surface area contributed by atoms with Gasteiger partial charge in [0.15, 0.2) is 0 Å². The van der Waals surface area contributed by atoms with Crippen molar-refractivity contribution >= 4 is 5.91 Å². The van der Waals surface area contributed by atoms with Crippen molar-refractivity contribution in [1.29, 1.82) is 0 Å². The molecule has 2 rings (SSSR count). The summed E-state index contributed by atoms with van der Waals surface area (Å²) >= 11 is 0. The van der Waals surface area contributed by atoms with Gasteiger partial charge in [-0.25, -0.2) is 0 Å². The lowest BCUT2D eigenvalue weighted by Gasteiger charge is -2.22. The molecule has 1 aromatic carbocycles. The lowest BCUT2D eigenvalue weighted by Crippen LogP contribution is -2.39. The van der Waals surface area contributed by atoms with Crippen molar-refractivity contribution in [3.8, 4) is 0 Å². The molecule has 0 saturated carbocycles. The van der Waals surface area contributed by atoms with Crippen LogP contribution in [-0.2, 0) is 9.53 Å². The third kappa shape index (κ3) is 4.33. The first kappa shape index (κ1) is 14.0. The predicted octanol–water partition coefficient (Wildman–Crippen LogP) is 1.76. The van der Waals surface area contributed by atoms with Crippen LogP contribution in [0.5, 0.6) is 0 Å². The van der Waals surface area contributed by atoms with Gasteiger partial charge in [-0.05, 0) is 31.2 Å². The Morgan fingerprint density at radius 3 is 2.84 bits per heavy atom. The summed E-state index contributed by atoms with van der Waals surface area (Å²) < 4.78 is 5.44. The minimum atomic E-state index is -0.262. The monoisotopic (exact) mass is 262 g/mol. The molecule has 3 N–H and O–H groups in total. The van der Waals surface area contributed by atoms with E-state index < -0.39 is 0 Å². The van der Waals surface area contributed by atoms with Crippen LogP contribution in [0.25, 0.3) is 0 Å². The number of benzene rings is 1. The van der Waals surface area contributed by atoms with Crippen LogP contribution in [0.1, 0.15) is 37.3 Å². The van der Waals surface area contributed by atoms with Crippen molar-refractivity contribution in [2.75, 3.05) is 13.2 Å². The van der Waals surface area contributed by atoms with Crippen LogP contribution in [0.3, 0.4) is 0 Å². The van der Waals surface area contributed by atoms with Gasteiger partial charge in [-0.15, -0.1) is 0 Å². The molecule has 1 amide bonds. The van der Waals surface area contributed by atoms with Crippen molar-refractivity contribution in [3.05, 3.63) is 35.9 Å². The van der Waals surface area contributed by atoms with E-state index in [-0.39, 0.29) is 18.1 Å². The van der Waals surface area contributed by atoms with Crippen LogP contribution < -0.4 is 11.1 Å². The Morgan fingerprint density at radius 1 is 1.37 bits per heavy atom. The molecule has 0 aliphatic carbocycles. The molecule has 2 unspecified atom stereocenters. The van der Waals surface area contributed by atoms with Crippen LogP contribution >= 0.6 is 0 Å². The van der Waals surface area contributed by atoms with E-state index in [4.69, 9.17) is 10.5 Å². The standard InChI is InChI=1S/C15H22N2O2/c16-13(12-6-2-1-3-7-12)9-10-17-15(18)14-8-4-5-11-19-14/h1-3,6-7,13-14H,4-5,8-11,16H2,(H,17,18). The highest BCUT2D eigenvalue weighted by Crippen LogP contribution is 2.14. The number of nitrogens with two attached hydrogens (primary N) is 1. The van der Waals surface area contributed by atoms with Crippen molar-refractivity contribution < 1.29 is 9.53 Å². The Balaban J connectivity index is 1.69. The number of amides is 1. The third-order valence-corrected chi connectivity index (χ3v) is 3.45. The molecule has 0 spiro atoms. The van der Waals surface area contributed by atoms with Crippen LogP contribution in [0.2, 0.25) is 0 Å². The average Bonchev–Trinajstić information content (AvgIpc) is 2.49. The highest BCUT2D eigenvalue weighted by molar-refractivity contribution is 5.80. The van der Waals surface area contributed by atoms with Crippen LogP contribution in [-0.4, -0.2) is 25.2 Å². The van der Waals surface area contributed by atoms with E-state index in [1.54, 1.807) is 0 Å². The number of rotatable bonds is 5. The molecular weight excluding hydrogens is 240 g/mol. The Morgan fingerprint density at radius 2 is 2.16 bits per heavy atom. The zero-order valence-corrected chi connectivity index (χ0v) is 11.2. The van der Waals surface area contributed by atoms with E-state index in [1.807, 2.05) is 30.3 Å². The highest BCUT2D eigenvalue weighted by atomic mass is 16.5. The molecule has 19 heavy (non-hydrogen) atoms. The SMILES string of the molecule is NC(CCNC(=O)C1CCCCO1)c1ccccc1. The Kier molecular flexibility index (Phi) is 5.36. The Labute approximate surface area is 114 Å². The fourth-order valence-corrected chi connectivity index (χ4v) is 2.28. The molecule has 1 aliphatic heterocycles. The summed E-state index contributed by atoms with van der Waals surface area (Å²) in [6.07, 6.45) is 3.44. The topological polar surface area (TPSA) is 64.3 Å². The fraction of sp³-hybridized carbons (Fsp3) is 0.533. The summed E-state index contributed by atoms with van der Waals surface area (Å²) in [6.45, 7) is 1.29.